The summed E-state index contributed by atoms with van der Waals surface area (Å²) >= 11 is 0. The van der Waals surface area contributed by atoms with Crippen LogP contribution in [0.1, 0.15) is 31.2 Å². The zero-order valence-electron chi connectivity index (χ0n) is 10.5. The second-order valence-corrected chi connectivity index (χ2v) is 4.75. The Labute approximate surface area is 114 Å². The molecule has 0 amide bonds. The normalized spacial score (nSPS) is 15.8. The van der Waals surface area contributed by atoms with Crippen molar-refractivity contribution >= 4 is 17.5 Å². The number of nitro groups is 1. The van der Waals surface area contributed by atoms with E-state index < -0.39 is 22.1 Å². The van der Waals surface area contributed by atoms with Gasteiger partial charge in [-0.1, -0.05) is 0 Å². The van der Waals surface area contributed by atoms with Crippen LogP contribution in [-0.2, 0) is 4.79 Å². The van der Waals surface area contributed by atoms with E-state index in [9.17, 15) is 14.9 Å². The van der Waals surface area contributed by atoms with Crippen LogP contribution in [0.25, 0.3) is 0 Å². The molecule has 1 fully saturated rings. The number of anilines is 1. The lowest BCUT2D eigenvalue weighted by Gasteiger charge is -2.41. The molecular formula is C12H12N4O4. The van der Waals surface area contributed by atoms with Crippen molar-refractivity contribution in [2.75, 3.05) is 5.32 Å². The summed E-state index contributed by atoms with van der Waals surface area (Å²) in [5, 5.41) is 31.8. The van der Waals surface area contributed by atoms with Gasteiger partial charge in [-0.05, 0) is 25.3 Å². The minimum absolute atomic E-state index is 0.0463. The average molecular weight is 276 g/mol. The van der Waals surface area contributed by atoms with Crippen molar-refractivity contribution in [2.45, 2.75) is 31.2 Å². The van der Waals surface area contributed by atoms with Crippen molar-refractivity contribution in [1.82, 2.24) is 4.98 Å². The van der Waals surface area contributed by atoms with E-state index in [0.717, 1.165) is 6.42 Å². The quantitative estimate of drug-likeness (QED) is 0.618. The lowest BCUT2D eigenvalue weighted by molar-refractivity contribution is -0.384. The average Bonchev–Trinajstić information content (AvgIpc) is 2.34. The maximum atomic E-state index is 11.1. The molecule has 8 heteroatoms. The molecule has 1 aliphatic carbocycles. The molecule has 0 aromatic carbocycles. The topological polar surface area (TPSA) is 129 Å². The molecular weight excluding hydrogens is 264 g/mol. The summed E-state index contributed by atoms with van der Waals surface area (Å²) in [5.74, 6) is -1.02. The van der Waals surface area contributed by atoms with Crippen LogP contribution in [0.15, 0.2) is 12.3 Å². The van der Waals surface area contributed by atoms with E-state index in [0.29, 0.717) is 12.8 Å². The smallest absolute Gasteiger partial charge is 0.328 e. The molecule has 0 saturated heterocycles. The highest BCUT2D eigenvalue weighted by atomic mass is 16.6. The number of hydrogen-bond donors (Lipinski definition) is 2. The first-order valence-electron chi connectivity index (χ1n) is 6.01. The van der Waals surface area contributed by atoms with Crippen LogP contribution in [0.2, 0.25) is 0 Å². The number of nitrogens with one attached hydrogen (secondary N) is 1. The van der Waals surface area contributed by atoms with E-state index in [1.807, 2.05) is 0 Å². The standard InChI is InChI=1S/C12H12N4O4/c13-7-8-2-5-14-11(10(8)16(19)20)15-12(3-1-4-12)6-9(17)18/h2,5H,1,3-4,6H2,(H,14,15)(H,17,18). The van der Waals surface area contributed by atoms with Gasteiger partial charge >= 0.3 is 11.7 Å². The molecule has 0 spiro atoms. The Balaban J connectivity index is 2.36. The fraction of sp³-hybridized carbons (Fsp3) is 0.417. The van der Waals surface area contributed by atoms with Gasteiger partial charge < -0.3 is 10.4 Å². The van der Waals surface area contributed by atoms with E-state index in [2.05, 4.69) is 10.3 Å². The Morgan fingerprint density at radius 2 is 2.35 bits per heavy atom. The third kappa shape index (κ3) is 2.51. The number of carbonyl (C=O) groups is 1. The molecule has 0 atom stereocenters. The molecule has 0 unspecified atom stereocenters. The van der Waals surface area contributed by atoms with Crippen molar-refractivity contribution in [1.29, 1.82) is 5.26 Å². The lowest BCUT2D eigenvalue weighted by Crippen LogP contribution is -2.47. The molecule has 0 aliphatic heterocycles. The molecule has 1 aliphatic rings. The number of aliphatic carboxylic acids is 1. The highest BCUT2D eigenvalue weighted by Gasteiger charge is 2.41. The number of pyridine rings is 1. The maximum absolute atomic E-state index is 11.1. The molecule has 8 nitrogen and oxygen atoms in total. The van der Waals surface area contributed by atoms with Gasteiger partial charge in [-0.3, -0.25) is 14.9 Å². The molecule has 1 aromatic rings. The molecule has 2 rings (SSSR count). The summed E-state index contributed by atoms with van der Waals surface area (Å²) in [6.45, 7) is 0. The number of carboxylic acids is 1. The highest BCUT2D eigenvalue weighted by Crippen LogP contribution is 2.40. The summed E-state index contributed by atoms with van der Waals surface area (Å²) in [4.78, 5) is 25.2. The zero-order valence-corrected chi connectivity index (χ0v) is 10.5. The van der Waals surface area contributed by atoms with Crippen molar-refractivity contribution in [3.8, 4) is 6.07 Å². The zero-order chi connectivity index (χ0) is 14.8. The summed E-state index contributed by atoms with van der Waals surface area (Å²) in [5.41, 5.74) is -1.22. The van der Waals surface area contributed by atoms with Gasteiger partial charge in [0.2, 0.25) is 5.82 Å². The van der Waals surface area contributed by atoms with Gasteiger partial charge in [0.25, 0.3) is 0 Å². The largest absolute Gasteiger partial charge is 0.481 e. The summed E-state index contributed by atoms with van der Waals surface area (Å²) in [6.07, 6.45) is 3.22. The lowest BCUT2D eigenvalue weighted by atomic mass is 9.74. The molecule has 2 N–H and O–H groups in total. The van der Waals surface area contributed by atoms with E-state index in [1.165, 1.54) is 12.3 Å². The Hall–Kier alpha value is -2.69. The summed E-state index contributed by atoms with van der Waals surface area (Å²) in [6, 6.07) is 3.00. The summed E-state index contributed by atoms with van der Waals surface area (Å²) in [7, 11) is 0. The molecule has 1 aromatic heterocycles. The van der Waals surface area contributed by atoms with Crippen LogP contribution in [0, 0.1) is 21.4 Å². The number of nitrogens with zero attached hydrogens (tertiary/aromatic N) is 3. The molecule has 0 radical (unpaired) electrons. The number of nitriles is 1. The van der Waals surface area contributed by atoms with Gasteiger partial charge in [0, 0.05) is 11.7 Å². The SMILES string of the molecule is N#Cc1ccnc(NC2(CC(=O)O)CCC2)c1[N+](=O)[O-]. The fourth-order valence-corrected chi connectivity index (χ4v) is 2.31. The van der Waals surface area contributed by atoms with Crippen LogP contribution in [0.5, 0.6) is 0 Å². The Morgan fingerprint density at radius 3 is 2.80 bits per heavy atom. The van der Waals surface area contributed by atoms with Crippen molar-refractivity contribution < 1.29 is 14.8 Å². The first-order chi connectivity index (χ1) is 9.47. The maximum Gasteiger partial charge on any atom is 0.328 e. The fourth-order valence-electron chi connectivity index (χ4n) is 2.31. The molecule has 1 saturated carbocycles. The van der Waals surface area contributed by atoms with Gasteiger partial charge in [-0.15, -0.1) is 0 Å². The molecule has 20 heavy (non-hydrogen) atoms. The molecule has 1 heterocycles. The predicted molar refractivity (Wildman–Crippen MR) is 68.1 cm³/mol. The van der Waals surface area contributed by atoms with E-state index >= 15 is 0 Å². The van der Waals surface area contributed by atoms with Gasteiger partial charge in [-0.2, -0.15) is 5.26 Å². The minimum Gasteiger partial charge on any atom is -0.481 e. The number of rotatable bonds is 5. The monoisotopic (exact) mass is 276 g/mol. The highest BCUT2D eigenvalue weighted by molar-refractivity contribution is 5.71. The van der Waals surface area contributed by atoms with Crippen LogP contribution >= 0.6 is 0 Å². The van der Waals surface area contributed by atoms with E-state index in [4.69, 9.17) is 10.4 Å². The second kappa shape index (κ2) is 5.13. The predicted octanol–water partition coefficient (Wildman–Crippen LogP) is 1.67. The van der Waals surface area contributed by atoms with Crippen LogP contribution in [0.4, 0.5) is 11.5 Å². The van der Waals surface area contributed by atoms with Crippen molar-refractivity contribution in [3.05, 3.63) is 27.9 Å². The third-order valence-corrected chi connectivity index (χ3v) is 3.41. The minimum atomic E-state index is -0.976. The van der Waals surface area contributed by atoms with Gasteiger partial charge in [0.05, 0.1) is 11.3 Å². The van der Waals surface area contributed by atoms with E-state index in [-0.39, 0.29) is 17.8 Å². The van der Waals surface area contributed by atoms with Crippen LogP contribution in [-0.4, -0.2) is 26.5 Å². The molecule has 0 bridgehead atoms. The number of hydrogen-bond acceptors (Lipinski definition) is 6. The van der Waals surface area contributed by atoms with E-state index in [1.54, 1.807) is 6.07 Å². The first-order valence-corrected chi connectivity index (χ1v) is 6.01. The van der Waals surface area contributed by atoms with Crippen LogP contribution < -0.4 is 5.32 Å². The number of aromatic nitrogens is 1. The molecule has 104 valence electrons. The van der Waals surface area contributed by atoms with Crippen molar-refractivity contribution in [3.63, 3.8) is 0 Å². The Bertz CT molecular complexity index is 604. The Morgan fingerprint density at radius 1 is 1.65 bits per heavy atom. The van der Waals surface area contributed by atoms with Crippen LogP contribution in [0.3, 0.4) is 0 Å². The second-order valence-electron chi connectivity index (χ2n) is 4.75. The van der Waals surface area contributed by atoms with Crippen molar-refractivity contribution in [2.24, 2.45) is 0 Å². The van der Waals surface area contributed by atoms with Gasteiger partial charge in [-0.25, -0.2) is 4.98 Å². The number of carboxylic acid groups (broad SMARTS) is 1. The van der Waals surface area contributed by atoms with Gasteiger partial charge in [0.15, 0.2) is 0 Å². The first kappa shape index (κ1) is 13.7. The third-order valence-electron chi connectivity index (χ3n) is 3.41. The summed E-state index contributed by atoms with van der Waals surface area (Å²) < 4.78 is 0. The Kier molecular flexibility index (Phi) is 3.52. The van der Waals surface area contributed by atoms with Gasteiger partial charge in [0.1, 0.15) is 11.6 Å².